The van der Waals surface area contributed by atoms with Crippen molar-refractivity contribution in [1.29, 1.82) is 0 Å². The van der Waals surface area contributed by atoms with Crippen LogP contribution in [0.4, 0.5) is 0 Å². The summed E-state index contributed by atoms with van der Waals surface area (Å²) in [5, 5.41) is 21.7. The molecule has 1 saturated heterocycles. The van der Waals surface area contributed by atoms with Gasteiger partial charge in [0.25, 0.3) is 0 Å². The number of cyclic esters (lactones) is 1. The number of ketones is 1. The van der Waals surface area contributed by atoms with E-state index < -0.39 is 46.8 Å². The molecule has 7 heteroatoms. The second-order valence-corrected chi connectivity index (χ2v) is 10.1. The van der Waals surface area contributed by atoms with Crippen LogP contribution in [0, 0.1) is 34.0 Å². The van der Waals surface area contributed by atoms with Crippen molar-refractivity contribution >= 4 is 17.7 Å². The van der Waals surface area contributed by atoms with Crippen LogP contribution >= 0.6 is 0 Å². The van der Waals surface area contributed by atoms with Gasteiger partial charge in [-0.1, -0.05) is 20.4 Å². The van der Waals surface area contributed by atoms with Crippen LogP contribution < -0.4 is 0 Å². The van der Waals surface area contributed by atoms with Crippen molar-refractivity contribution in [3.8, 4) is 0 Å². The first-order chi connectivity index (χ1) is 13.5. The molecule has 1 heterocycles. The maximum Gasteiger partial charge on any atom is 0.320 e. The van der Waals surface area contributed by atoms with E-state index in [9.17, 15) is 24.6 Å². The Kier molecular flexibility index (Phi) is 4.52. The molecular formula is C22H30O7. The zero-order valence-corrected chi connectivity index (χ0v) is 17.3. The molecule has 3 saturated carbocycles. The SMILES string of the molecule is C=C1C(=O)[C@]23C[C@H]1C[C@@H](O)[C@H]2[C@]1(COC3=O)[C@@H](OC(C)=O)CCC(C)(C)[C@H]1CO. The molecule has 7 nitrogen and oxygen atoms in total. The Bertz CT molecular complexity index is 786. The first-order valence-corrected chi connectivity index (χ1v) is 10.4. The molecule has 4 aliphatic rings. The minimum absolute atomic E-state index is 0.0909. The van der Waals surface area contributed by atoms with Crippen LogP contribution in [0.1, 0.15) is 46.5 Å². The Morgan fingerprint density at radius 1 is 1.34 bits per heavy atom. The van der Waals surface area contributed by atoms with Gasteiger partial charge >= 0.3 is 11.9 Å². The van der Waals surface area contributed by atoms with Crippen molar-refractivity contribution in [2.24, 2.45) is 34.0 Å². The van der Waals surface area contributed by atoms with Crippen molar-refractivity contribution < 1.29 is 34.1 Å². The molecule has 29 heavy (non-hydrogen) atoms. The fraction of sp³-hybridized carbons (Fsp3) is 0.773. The first-order valence-electron chi connectivity index (χ1n) is 10.4. The number of carbonyl (C=O) groups is 3. The molecule has 0 amide bonds. The number of hydrogen-bond donors (Lipinski definition) is 2. The van der Waals surface area contributed by atoms with Gasteiger partial charge in [-0.15, -0.1) is 0 Å². The van der Waals surface area contributed by atoms with E-state index in [0.29, 0.717) is 24.8 Å². The number of esters is 2. The molecule has 2 bridgehead atoms. The summed E-state index contributed by atoms with van der Waals surface area (Å²) in [4.78, 5) is 38.3. The van der Waals surface area contributed by atoms with Gasteiger partial charge in [0.05, 0.1) is 11.5 Å². The van der Waals surface area contributed by atoms with Gasteiger partial charge in [0.1, 0.15) is 18.1 Å². The minimum Gasteiger partial charge on any atom is -0.464 e. The lowest BCUT2D eigenvalue weighted by Crippen LogP contribution is -2.71. The molecule has 0 aromatic heterocycles. The fourth-order valence-electron chi connectivity index (χ4n) is 7.15. The number of fused-ring (bicyclic) bond motifs is 2. The predicted molar refractivity (Wildman–Crippen MR) is 101 cm³/mol. The highest BCUT2D eigenvalue weighted by Crippen LogP contribution is 2.68. The molecule has 7 atom stereocenters. The van der Waals surface area contributed by atoms with Crippen LogP contribution in [0.15, 0.2) is 12.2 Å². The third kappa shape index (κ3) is 2.46. The summed E-state index contributed by atoms with van der Waals surface area (Å²) in [6.45, 7) is 8.95. The molecule has 0 unspecified atom stereocenters. The van der Waals surface area contributed by atoms with E-state index in [0.717, 1.165) is 0 Å². The van der Waals surface area contributed by atoms with E-state index in [1.54, 1.807) is 0 Å². The number of aliphatic hydroxyl groups is 2. The number of rotatable bonds is 2. The lowest BCUT2D eigenvalue weighted by molar-refractivity contribution is -0.263. The van der Waals surface area contributed by atoms with Crippen molar-refractivity contribution in [3.05, 3.63) is 12.2 Å². The van der Waals surface area contributed by atoms with E-state index in [2.05, 4.69) is 6.58 Å². The largest absolute Gasteiger partial charge is 0.464 e. The maximum atomic E-state index is 13.3. The number of aliphatic hydroxyl groups excluding tert-OH is 2. The predicted octanol–water partition coefficient (Wildman–Crippen LogP) is 1.40. The zero-order valence-electron chi connectivity index (χ0n) is 17.3. The zero-order chi connectivity index (χ0) is 21.4. The molecule has 4 fully saturated rings. The summed E-state index contributed by atoms with van der Waals surface area (Å²) in [6, 6.07) is 0. The summed E-state index contributed by atoms with van der Waals surface area (Å²) in [5.41, 5.74) is -2.55. The Labute approximate surface area is 170 Å². The van der Waals surface area contributed by atoms with Gasteiger partial charge in [-0.2, -0.15) is 0 Å². The normalized spacial score (nSPS) is 45.7. The third-order valence-electron chi connectivity index (χ3n) is 8.33. The van der Waals surface area contributed by atoms with Gasteiger partial charge in [0.2, 0.25) is 0 Å². The lowest BCUT2D eigenvalue weighted by Gasteiger charge is -2.63. The van der Waals surface area contributed by atoms with E-state index in [1.165, 1.54) is 6.92 Å². The molecule has 2 spiro atoms. The third-order valence-corrected chi connectivity index (χ3v) is 8.33. The number of carbonyl (C=O) groups excluding carboxylic acids is 3. The Morgan fingerprint density at radius 2 is 2.03 bits per heavy atom. The molecule has 1 aliphatic heterocycles. The highest BCUT2D eigenvalue weighted by molar-refractivity contribution is 6.15. The molecule has 0 aromatic carbocycles. The van der Waals surface area contributed by atoms with Crippen molar-refractivity contribution in [3.63, 3.8) is 0 Å². The van der Waals surface area contributed by atoms with Gasteiger partial charge in [-0.3, -0.25) is 14.4 Å². The van der Waals surface area contributed by atoms with Crippen LogP contribution in [0.25, 0.3) is 0 Å². The quantitative estimate of drug-likeness (QED) is 0.405. The fourth-order valence-corrected chi connectivity index (χ4v) is 7.15. The maximum absolute atomic E-state index is 13.3. The van der Waals surface area contributed by atoms with Crippen LogP contribution in [0.5, 0.6) is 0 Å². The lowest BCUT2D eigenvalue weighted by atomic mass is 9.43. The molecule has 4 rings (SSSR count). The van der Waals surface area contributed by atoms with Gasteiger partial charge in [0, 0.05) is 19.4 Å². The molecular weight excluding hydrogens is 376 g/mol. The highest BCUT2D eigenvalue weighted by Gasteiger charge is 2.76. The summed E-state index contributed by atoms with van der Waals surface area (Å²) in [7, 11) is 0. The van der Waals surface area contributed by atoms with Crippen molar-refractivity contribution in [1.82, 2.24) is 0 Å². The minimum atomic E-state index is -1.52. The van der Waals surface area contributed by atoms with Crippen molar-refractivity contribution in [2.45, 2.75) is 58.7 Å². The summed E-state index contributed by atoms with van der Waals surface area (Å²) >= 11 is 0. The summed E-state index contributed by atoms with van der Waals surface area (Å²) in [6.07, 6.45) is 0.193. The Balaban J connectivity index is 1.95. The average molecular weight is 406 g/mol. The smallest absolute Gasteiger partial charge is 0.320 e. The van der Waals surface area contributed by atoms with E-state index in [1.807, 2.05) is 13.8 Å². The Hall–Kier alpha value is -1.73. The summed E-state index contributed by atoms with van der Waals surface area (Å²) in [5.74, 6) is -2.93. The highest BCUT2D eigenvalue weighted by atomic mass is 16.6. The van der Waals surface area contributed by atoms with Gasteiger partial charge in [0.15, 0.2) is 5.78 Å². The summed E-state index contributed by atoms with van der Waals surface area (Å²) < 4.78 is 11.4. The molecule has 0 radical (unpaired) electrons. The molecule has 160 valence electrons. The van der Waals surface area contributed by atoms with Gasteiger partial charge in [-0.05, 0) is 48.5 Å². The topological polar surface area (TPSA) is 110 Å². The van der Waals surface area contributed by atoms with Crippen LogP contribution in [-0.2, 0) is 23.9 Å². The first kappa shape index (κ1) is 20.5. The number of allylic oxidation sites excluding steroid dienone is 1. The number of ether oxygens (including phenoxy) is 2. The standard InChI is InChI=1S/C22H30O7/c1-11-13-7-14(25)17-21(8-13,18(11)26)19(27)28-10-22(17)15(9-23)20(3,4)6-5-16(22)29-12(2)24/h13-17,23,25H,1,5-10H2,2-4H3/t13-,14-,15-,16+,17-,21+,22+/m1/s1. The Morgan fingerprint density at radius 3 is 2.66 bits per heavy atom. The second kappa shape index (κ2) is 6.38. The number of Topliss-reactive ketones (excluding diaryl/α,β-unsaturated/α-hetero) is 1. The molecule has 3 aliphatic carbocycles. The van der Waals surface area contributed by atoms with Crippen LogP contribution in [0.2, 0.25) is 0 Å². The monoisotopic (exact) mass is 406 g/mol. The van der Waals surface area contributed by atoms with Crippen molar-refractivity contribution in [2.75, 3.05) is 13.2 Å². The number of hydrogen-bond acceptors (Lipinski definition) is 7. The van der Waals surface area contributed by atoms with Crippen LogP contribution in [-0.4, -0.2) is 53.4 Å². The van der Waals surface area contributed by atoms with E-state index >= 15 is 0 Å². The van der Waals surface area contributed by atoms with Gasteiger partial charge in [-0.25, -0.2) is 0 Å². The van der Waals surface area contributed by atoms with E-state index in [-0.39, 0.29) is 36.8 Å². The average Bonchev–Trinajstić information content (AvgIpc) is 2.83. The molecule has 0 aromatic rings. The van der Waals surface area contributed by atoms with E-state index in [4.69, 9.17) is 9.47 Å². The second-order valence-electron chi connectivity index (χ2n) is 10.1. The van der Waals surface area contributed by atoms with Gasteiger partial charge < -0.3 is 19.7 Å². The van der Waals surface area contributed by atoms with Crippen LogP contribution in [0.3, 0.4) is 0 Å². The molecule has 2 N–H and O–H groups in total.